The molecule has 0 heterocycles. The maximum Gasteiger partial charge on any atom is 0.350 e. The van der Waals surface area contributed by atoms with E-state index < -0.39 is 20.4 Å². The van der Waals surface area contributed by atoms with E-state index in [4.69, 9.17) is 9.11 Å². The average molecular weight is 372 g/mol. The van der Waals surface area contributed by atoms with Crippen LogP contribution in [0.15, 0.2) is 63.7 Å². The Labute approximate surface area is 137 Å². The van der Waals surface area contributed by atoms with Crippen LogP contribution in [-0.4, -0.2) is 25.9 Å². The van der Waals surface area contributed by atoms with Crippen LogP contribution in [-0.2, 0) is 20.4 Å². The van der Waals surface area contributed by atoms with Crippen LogP contribution < -0.4 is 10.3 Å². The predicted molar refractivity (Wildman–Crippen MR) is 85.2 cm³/mol. The molecule has 0 aliphatic carbocycles. The lowest BCUT2D eigenvalue weighted by atomic mass is 10.3. The summed E-state index contributed by atoms with van der Waals surface area (Å²) in [5.41, 5.74) is 3.45. The molecule has 0 amide bonds. The molecular formula is C12H12N4O6S2. The van der Waals surface area contributed by atoms with Crippen LogP contribution in [0.2, 0.25) is 0 Å². The molecule has 0 saturated carbocycles. The summed E-state index contributed by atoms with van der Waals surface area (Å²) in [5, 5.41) is 7.81. The topological polar surface area (TPSA) is 158 Å². The van der Waals surface area contributed by atoms with Gasteiger partial charge < -0.3 is 5.43 Å². The predicted octanol–water partition coefficient (Wildman–Crippen LogP) is 2.07. The minimum Gasteiger partial charge on any atom is -0.306 e. The molecule has 12 heteroatoms. The van der Waals surface area contributed by atoms with Crippen molar-refractivity contribution in [2.45, 2.75) is 4.90 Å². The van der Waals surface area contributed by atoms with Crippen LogP contribution in [0.5, 0.6) is 0 Å². The largest absolute Gasteiger partial charge is 0.350 e. The molecule has 0 aliphatic heterocycles. The van der Waals surface area contributed by atoms with Crippen molar-refractivity contribution in [2.75, 3.05) is 5.43 Å². The van der Waals surface area contributed by atoms with E-state index in [1.54, 1.807) is 4.83 Å². The van der Waals surface area contributed by atoms with Gasteiger partial charge in [-0.1, -0.05) is 0 Å². The second kappa shape index (κ2) is 7.02. The number of azo groups is 1. The standard InChI is InChI=1S/C12H12N4O6S2/c17-23(18,19)12-7-5-10(6-8-12)14-13-9-1-3-11(4-2-9)15-16-24(20,21)22/h1-8,15-16H,(H,17,18,19)(H,20,21,22). The zero-order chi connectivity index (χ0) is 17.8. The van der Waals surface area contributed by atoms with E-state index in [1.807, 2.05) is 0 Å². The first-order chi connectivity index (χ1) is 11.1. The van der Waals surface area contributed by atoms with Gasteiger partial charge in [0, 0.05) is 0 Å². The van der Waals surface area contributed by atoms with Crippen molar-refractivity contribution < 1.29 is 25.9 Å². The van der Waals surface area contributed by atoms with Crippen molar-refractivity contribution in [3.05, 3.63) is 48.5 Å². The molecule has 4 N–H and O–H groups in total. The fourth-order valence-corrected chi connectivity index (χ4v) is 2.26. The molecule has 2 aromatic carbocycles. The molecule has 0 saturated heterocycles. The normalized spacial score (nSPS) is 12.4. The molecule has 0 spiro atoms. The number of anilines is 1. The summed E-state index contributed by atoms with van der Waals surface area (Å²) in [7, 11) is -8.61. The van der Waals surface area contributed by atoms with E-state index in [2.05, 4.69) is 15.7 Å². The molecule has 0 unspecified atom stereocenters. The first kappa shape index (κ1) is 18.0. The van der Waals surface area contributed by atoms with Crippen LogP contribution in [0.3, 0.4) is 0 Å². The third-order valence-electron chi connectivity index (χ3n) is 2.61. The van der Waals surface area contributed by atoms with Gasteiger partial charge in [-0.2, -0.15) is 27.1 Å². The first-order valence-corrected chi connectivity index (χ1v) is 9.11. The summed E-state index contributed by atoms with van der Waals surface area (Å²) in [6.07, 6.45) is 0. The minimum absolute atomic E-state index is 0.247. The van der Waals surface area contributed by atoms with Gasteiger partial charge >= 0.3 is 10.3 Å². The Morgan fingerprint density at radius 3 is 1.62 bits per heavy atom. The van der Waals surface area contributed by atoms with Crippen LogP contribution in [0, 0.1) is 0 Å². The molecule has 2 aromatic rings. The molecule has 2 rings (SSSR count). The number of nitrogens with zero attached hydrogens (tertiary/aromatic N) is 2. The smallest absolute Gasteiger partial charge is 0.306 e. The fourth-order valence-electron chi connectivity index (χ4n) is 1.54. The highest BCUT2D eigenvalue weighted by Gasteiger charge is 2.08. The van der Waals surface area contributed by atoms with E-state index in [-0.39, 0.29) is 4.90 Å². The lowest BCUT2D eigenvalue weighted by Crippen LogP contribution is -2.28. The van der Waals surface area contributed by atoms with Gasteiger partial charge in [0.2, 0.25) is 0 Å². The average Bonchev–Trinajstić information content (AvgIpc) is 2.51. The van der Waals surface area contributed by atoms with Gasteiger partial charge in [-0.15, -0.1) is 4.83 Å². The van der Waals surface area contributed by atoms with Gasteiger partial charge in [-0.05, 0) is 48.5 Å². The number of rotatable bonds is 6. The molecule has 24 heavy (non-hydrogen) atoms. The maximum absolute atomic E-state index is 10.9. The Morgan fingerprint density at radius 1 is 0.750 bits per heavy atom. The molecule has 0 fully saturated rings. The summed E-state index contributed by atoms with van der Waals surface area (Å²) in [6, 6.07) is 11.2. The van der Waals surface area contributed by atoms with E-state index >= 15 is 0 Å². The number of benzene rings is 2. The highest BCUT2D eigenvalue weighted by molar-refractivity contribution is 7.85. The van der Waals surface area contributed by atoms with Crippen molar-refractivity contribution in [1.29, 1.82) is 0 Å². The Bertz CT molecular complexity index is 938. The Hall–Kier alpha value is -2.38. The molecule has 128 valence electrons. The number of nitrogens with one attached hydrogen (secondary N) is 2. The number of hydrogen-bond donors (Lipinski definition) is 4. The first-order valence-electron chi connectivity index (χ1n) is 6.23. The number of hydrazine groups is 1. The minimum atomic E-state index is -4.36. The van der Waals surface area contributed by atoms with Crippen LogP contribution in [0.1, 0.15) is 0 Å². The lowest BCUT2D eigenvalue weighted by Gasteiger charge is -2.04. The van der Waals surface area contributed by atoms with Crippen molar-refractivity contribution in [1.82, 2.24) is 4.83 Å². The fraction of sp³-hybridized carbons (Fsp3) is 0. The molecule has 0 aliphatic rings. The molecule has 10 nitrogen and oxygen atoms in total. The monoisotopic (exact) mass is 372 g/mol. The molecule has 0 radical (unpaired) electrons. The summed E-state index contributed by atoms with van der Waals surface area (Å²) < 4.78 is 60.2. The Kier molecular flexibility index (Phi) is 5.26. The van der Waals surface area contributed by atoms with E-state index in [1.165, 1.54) is 48.5 Å². The van der Waals surface area contributed by atoms with Gasteiger partial charge in [0.05, 0.1) is 22.0 Å². The van der Waals surface area contributed by atoms with E-state index in [0.29, 0.717) is 17.1 Å². The number of hydrogen-bond acceptors (Lipinski definition) is 7. The highest BCUT2D eigenvalue weighted by Crippen LogP contribution is 2.21. The highest BCUT2D eigenvalue weighted by atomic mass is 32.2. The zero-order valence-electron chi connectivity index (χ0n) is 11.9. The summed E-state index contributed by atoms with van der Waals surface area (Å²) >= 11 is 0. The van der Waals surface area contributed by atoms with Crippen LogP contribution in [0.25, 0.3) is 0 Å². The van der Waals surface area contributed by atoms with E-state index in [9.17, 15) is 16.8 Å². The van der Waals surface area contributed by atoms with E-state index in [0.717, 1.165) is 0 Å². The second-order valence-corrected chi connectivity index (χ2v) is 6.99. The van der Waals surface area contributed by atoms with Crippen molar-refractivity contribution in [3.8, 4) is 0 Å². The molecular weight excluding hydrogens is 360 g/mol. The molecule has 0 aromatic heterocycles. The van der Waals surface area contributed by atoms with Gasteiger partial charge in [-0.3, -0.25) is 9.11 Å². The summed E-state index contributed by atoms with van der Waals surface area (Å²) in [4.78, 5) is 1.44. The van der Waals surface area contributed by atoms with Gasteiger partial charge in [0.25, 0.3) is 10.1 Å². The van der Waals surface area contributed by atoms with Gasteiger partial charge in [0.15, 0.2) is 0 Å². The second-order valence-electron chi connectivity index (χ2n) is 4.42. The van der Waals surface area contributed by atoms with Gasteiger partial charge in [0.1, 0.15) is 0 Å². The summed E-state index contributed by atoms with van der Waals surface area (Å²) in [6.45, 7) is 0. The molecule has 0 bridgehead atoms. The quantitative estimate of drug-likeness (QED) is 0.343. The third kappa shape index (κ3) is 5.68. The van der Waals surface area contributed by atoms with Crippen molar-refractivity contribution >= 4 is 37.5 Å². The zero-order valence-corrected chi connectivity index (χ0v) is 13.5. The van der Waals surface area contributed by atoms with Crippen LogP contribution >= 0.6 is 0 Å². The Balaban J connectivity index is 2.04. The third-order valence-corrected chi connectivity index (χ3v) is 3.84. The summed E-state index contributed by atoms with van der Waals surface area (Å²) in [5.74, 6) is 0. The van der Waals surface area contributed by atoms with Crippen molar-refractivity contribution in [2.24, 2.45) is 10.2 Å². The molecule has 0 atom stereocenters. The lowest BCUT2D eigenvalue weighted by molar-refractivity contribution is 0.472. The maximum atomic E-state index is 10.9. The van der Waals surface area contributed by atoms with Crippen molar-refractivity contribution in [3.63, 3.8) is 0 Å². The Morgan fingerprint density at radius 2 is 1.21 bits per heavy atom. The van der Waals surface area contributed by atoms with Gasteiger partial charge in [-0.25, -0.2) is 0 Å². The SMILES string of the molecule is O=S(=O)(O)NNc1ccc(N=Nc2ccc(S(=O)(=O)O)cc2)cc1. The van der Waals surface area contributed by atoms with Crippen LogP contribution in [0.4, 0.5) is 17.1 Å².